The van der Waals surface area contributed by atoms with Crippen molar-refractivity contribution in [1.29, 1.82) is 0 Å². The number of hydrogen-bond acceptors (Lipinski definition) is 1. The molecule has 0 radical (unpaired) electrons. The summed E-state index contributed by atoms with van der Waals surface area (Å²) in [6, 6.07) is 10.1. The van der Waals surface area contributed by atoms with Gasteiger partial charge in [-0.2, -0.15) is 0 Å². The number of halogens is 2. The summed E-state index contributed by atoms with van der Waals surface area (Å²) in [5.74, 6) is -0.999. The molecule has 0 saturated carbocycles. The molecule has 2 aromatic rings. The number of hydrogen-bond donors (Lipinski definition) is 0. The smallest absolute Gasteiger partial charge is 0.258 e. The molecule has 0 bridgehead atoms. The molecule has 1 heterocycles. The van der Waals surface area contributed by atoms with Gasteiger partial charge in [0.15, 0.2) is 0 Å². The molecule has 0 aliphatic carbocycles. The van der Waals surface area contributed by atoms with Gasteiger partial charge in [0.25, 0.3) is 5.91 Å². The molecule has 0 unspecified atom stereocenters. The molecule has 0 saturated heterocycles. The normalized spacial score (nSPS) is 17.5. The second-order valence-corrected chi connectivity index (χ2v) is 5.35. The van der Waals surface area contributed by atoms with Crippen molar-refractivity contribution in [3.63, 3.8) is 0 Å². The summed E-state index contributed by atoms with van der Waals surface area (Å²) in [6.07, 6.45) is 1.50. The first-order valence-electron chi connectivity index (χ1n) is 6.94. The molecule has 0 N–H and O–H groups in total. The number of amides is 1. The van der Waals surface area contributed by atoms with E-state index in [0.29, 0.717) is 11.3 Å². The van der Waals surface area contributed by atoms with Crippen molar-refractivity contribution < 1.29 is 13.6 Å². The van der Waals surface area contributed by atoms with E-state index in [2.05, 4.69) is 0 Å². The molecule has 108 valence electrons. The highest BCUT2D eigenvalue weighted by molar-refractivity contribution is 6.07. The molecule has 21 heavy (non-hydrogen) atoms. The van der Waals surface area contributed by atoms with E-state index in [-0.39, 0.29) is 17.8 Å². The SMILES string of the molecule is C[C@@H]1CCc2cc(F)ccc2N1C(=O)c1cccc(F)c1. The summed E-state index contributed by atoms with van der Waals surface area (Å²) in [7, 11) is 0. The molecule has 1 amide bonds. The van der Waals surface area contributed by atoms with Crippen LogP contribution in [0, 0.1) is 11.6 Å². The van der Waals surface area contributed by atoms with Gasteiger partial charge >= 0.3 is 0 Å². The van der Waals surface area contributed by atoms with Crippen LogP contribution in [0.5, 0.6) is 0 Å². The summed E-state index contributed by atoms with van der Waals surface area (Å²) < 4.78 is 26.7. The topological polar surface area (TPSA) is 20.3 Å². The van der Waals surface area contributed by atoms with Crippen LogP contribution in [-0.4, -0.2) is 11.9 Å². The van der Waals surface area contributed by atoms with Gasteiger partial charge < -0.3 is 4.90 Å². The fraction of sp³-hybridized carbons (Fsp3) is 0.235. The van der Waals surface area contributed by atoms with Gasteiger partial charge in [-0.3, -0.25) is 4.79 Å². The summed E-state index contributed by atoms with van der Waals surface area (Å²) >= 11 is 0. The largest absolute Gasteiger partial charge is 0.305 e. The van der Waals surface area contributed by atoms with Gasteiger partial charge in [0.2, 0.25) is 0 Å². The molecule has 1 atom stereocenters. The predicted octanol–water partition coefficient (Wildman–Crippen LogP) is 3.95. The first-order valence-corrected chi connectivity index (χ1v) is 6.94. The highest BCUT2D eigenvalue weighted by atomic mass is 19.1. The maximum Gasteiger partial charge on any atom is 0.258 e. The molecule has 0 spiro atoms. The first-order chi connectivity index (χ1) is 10.1. The van der Waals surface area contributed by atoms with Crippen LogP contribution in [0.3, 0.4) is 0 Å². The number of aryl methyl sites for hydroxylation is 1. The first kappa shape index (κ1) is 13.7. The van der Waals surface area contributed by atoms with Gasteiger partial charge in [0.05, 0.1) is 0 Å². The molecule has 1 aliphatic heterocycles. The van der Waals surface area contributed by atoms with Crippen LogP contribution < -0.4 is 4.90 Å². The second kappa shape index (κ2) is 5.28. The van der Waals surface area contributed by atoms with Gasteiger partial charge in [-0.15, -0.1) is 0 Å². The van der Waals surface area contributed by atoms with Crippen molar-refractivity contribution in [2.45, 2.75) is 25.8 Å². The Bertz CT molecular complexity index is 699. The Balaban J connectivity index is 2.03. The third kappa shape index (κ3) is 2.53. The van der Waals surface area contributed by atoms with Crippen LogP contribution in [-0.2, 0) is 6.42 Å². The summed E-state index contributed by atoms with van der Waals surface area (Å²) in [5, 5.41) is 0. The van der Waals surface area contributed by atoms with E-state index in [1.807, 2.05) is 6.92 Å². The molecule has 4 heteroatoms. The average molecular weight is 287 g/mol. The fourth-order valence-electron chi connectivity index (χ4n) is 2.79. The lowest BCUT2D eigenvalue weighted by Gasteiger charge is -2.35. The third-order valence-corrected chi connectivity index (χ3v) is 3.86. The zero-order valence-electron chi connectivity index (χ0n) is 11.6. The molecule has 1 aliphatic rings. The van der Waals surface area contributed by atoms with Crippen LogP contribution in [0.25, 0.3) is 0 Å². The van der Waals surface area contributed by atoms with E-state index < -0.39 is 5.82 Å². The zero-order chi connectivity index (χ0) is 15.0. The van der Waals surface area contributed by atoms with Crippen molar-refractivity contribution in [3.8, 4) is 0 Å². The monoisotopic (exact) mass is 287 g/mol. The number of carbonyl (C=O) groups excluding carboxylic acids is 1. The molecular formula is C17H15F2NO. The summed E-state index contributed by atoms with van der Waals surface area (Å²) in [5.41, 5.74) is 1.83. The minimum Gasteiger partial charge on any atom is -0.305 e. The quantitative estimate of drug-likeness (QED) is 0.777. The Labute approximate surface area is 122 Å². The highest BCUT2D eigenvalue weighted by Gasteiger charge is 2.29. The average Bonchev–Trinajstić information content (AvgIpc) is 2.47. The highest BCUT2D eigenvalue weighted by Crippen LogP contribution is 2.32. The van der Waals surface area contributed by atoms with Gasteiger partial charge in [-0.1, -0.05) is 6.07 Å². The summed E-state index contributed by atoms with van der Waals surface area (Å²) in [6.45, 7) is 1.95. The van der Waals surface area contributed by atoms with Gasteiger partial charge in [-0.25, -0.2) is 8.78 Å². The minimum atomic E-state index is -0.440. The number of carbonyl (C=O) groups is 1. The van der Waals surface area contributed by atoms with Crippen molar-refractivity contribution in [1.82, 2.24) is 0 Å². The molecule has 2 nitrogen and oxygen atoms in total. The van der Waals surface area contributed by atoms with E-state index in [4.69, 9.17) is 0 Å². The van der Waals surface area contributed by atoms with Crippen LogP contribution in [0.4, 0.5) is 14.5 Å². The predicted molar refractivity (Wildman–Crippen MR) is 77.4 cm³/mol. The van der Waals surface area contributed by atoms with Crippen LogP contribution >= 0.6 is 0 Å². The lowest BCUT2D eigenvalue weighted by atomic mass is 9.95. The number of anilines is 1. The van der Waals surface area contributed by atoms with Gasteiger partial charge in [0, 0.05) is 17.3 Å². The van der Waals surface area contributed by atoms with Crippen molar-refractivity contribution in [3.05, 3.63) is 65.2 Å². The second-order valence-electron chi connectivity index (χ2n) is 5.35. The van der Waals surface area contributed by atoms with Gasteiger partial charge in [0.1, 0.15) is 11.6 Å². The number of rotatable bonds is 1. The van der Waals surface area contributed by atoms with Crippen molar-refractivity contribution in [2.75, 3.05) is 4.90 Å². The van der Waals surface area contributed by atoms with E-state index in [9.17, 15) is 13.6 Å². The molecule has 0 fully saturated rings. The van der Waals surface area contributed by atoms with E-state index in [1.165, 1.54) is 30.3 Å². The van der Waals surface area contributed by atoms with Crippen molar-refractivity contribution >= 4 is 11.6 Å². The number of benzene rings is 2. The van der Waals surface area contributed by atoms with Crippen LogP contribution in [0.2, 0.25) is 0 Å². The van der Waals surface area contributed by atoms with Crippen molar-refractivity contribution in [2.24, 2.45) is 0 Å². The Kier molecular flexibility index (Phi) is 3.45. The van der Waals surface area contributed by atoms with Gasteiger partial charge in [-0.05, 0) is 61.7 Å². The molecule has 0 aromatic heterocycles. The lowest BCUT2D eigenvalue weighted by Crippen LogP contribution is -2.42. The minimum absolute atomic E-state index is 0.00118. The summed E-state index contributed by atoms with van der Waals surface area (Å²) in [4.78, 5) is 14.3. The van der Waals surface area contributed by atoms with E-state index in [0.717, 1.165) is 18.4 Å². The maximum absolute atomic E-state index is 13.3. The Morgan fingerprint density at radius 2 is 1.90 bits per heavy atom. The Morgan fingerprint density at radius 3 is 2.67 bits per heavy atom. The molecule has 3 rings (SSSR count). The van der Waals surface area contributed by atoms with E-state index >= 15 is 0 Å². The number of nitrogens with zero attached hydrogens (tertiary/aromatic N) is 1. The Hall–Kier alpha value is -2.23. The lowest BCUT2D eigenvalue weighted by molar-refractivity contribution is 0.0974. The zero-order valence-corrected chi connectivity index (χ0v) is 11.6. The van der Waals surface area contributed by atoms with Crippen LogP contribution in [0.1, 0.15) is 29.3 Å². The third-order valence-electron chi connectivity index (χ3n) is 3.86. The maximum atomic E-state index is 13.3. The standard InChI is InChI=1S/C17H15F2NO/c1-11-5-6-12-9-15(19)7-8-16(12)20(11)17(21)13-3-2-4-14(18)10-13/h2-4,7-11H,5-6H2,1H3/t11-/m1/s1. The molecule has 2 aromatic carbocycles. The van der Waals surface area contributed by atoms with E-state index in [1.54, 1.807) is 17.0 Å². The number of fused-ring (bicyclic) bond motifs is 1. The fourth-order valence-corrected chi connectivity index (χ4v) is 2.79. The van der Waals surface area contributed by atoms with Crippen LogP contribution in [0.15, 0.2) is 42.5 Å². The Morgan fingerprint density at radius 1 is 1.14 bits per heavy atom. The molecular weight excluding hydrogens is 272 g/mol.